The van der Waals surface area contributed by atoms with Crippen molar-refractivity contribution < 1.29 is 18.8 Å². The Kier molecular flexibility index (Phi) is 5.37. The highest BCUT2D eigenvalue weighted by Crippen LogP contribution is 2.57. The summed E-state index contributed by atoms with van der Waals surface area (Å²) >= 11 is 0. The van der Waals surface area contributed by atoms with Gasteiger partial charge in [0, 0.05) is 12.1 Å². The molecular weight excluding hydrogens is 370 g/mol. The van der Waals surface area contributed by atoms with Crippen LogP contribution in [0.25, 0.3) is 0 Å². The van der Waals surface area contributed by atoms with E-state index in [2.05, 4.69) is 11.2 Å². The van der Waals surface area contributed by atoms with Crippen molar-refractivity contribution in [3.63, 3.8) is 0 Å². The van der Waals surface area contributed by atoms with Gasteiger partial charge in [-0.1, -0.05) is 12.1 Å². The number of amides is 1. The monoisotopic (exact) mass is 399 g/mol. The third-order valence-corrected chi connectivity index (χ3v) is 7.13. The van der Waals surface area contributed by atoms with Crippen molar-refractivity contribution in [2.24, 2.45) is 17.8 Å². The Balaban J connectivity index is 1.48. The van der Waals surface area contributed by atoms with Gasteiger partial charge < -0.3 is 14.2 Å². The number of esters is 1. The number of ether oxygens (including phenoxy) is 1. The first-order valence-corrected chi connectivity index (χ1v) is 10.8. The van der Waals surface area contributed by atoms with E-state index in [1.165, 1.54) is 19.3 Å². The number of hydrogen-bond donors (Lipinski definition) is 0. The van der Waals surface area contributed by atoms with Gasteiger partial charge in [0.05, 0.1) is 18.2 Å². The van der Waals surface area contributed by atoms with Crippen molar-refractivity contribution in [2.45, 2.75) is 70.8 Å². The Hall–Kier alpha value is -2.36. The predicted octanol–water partition coefficient (Wildman–Crippen LogP) is 3.41. The van der Waals surface area contributed by atoms with E-state index in [0.717, 1.165) is 19.3 Å². The molecule has 7 nitrogen and oxygen atoms in total. The number of carbonyl (C=O) groups is 2. The van der Waals surface area contributed by atoms with Crippen LogP contribution in [0.15, 0.2) is 4.52 Å². The fourth-order valence-electron chi connectivity index (χ4n) is 6.38. The Bertz CT molecular complexity index is 802. The fraction of sp³-hybridized carbons (Fsp3) is 0.727. The highest BCUT2D eigenvalue weighted by atomic mass is 16.5. The zero-order chi connectivity index (χ0) is 20.6. The lowest BCUT2D eigenvalue weighted by atomic mass is 9.52. The molecule has 1 amide bonds. The van der Waals surface area contributed by atoms with Gasteiger partial charge in [0.1, 0.15) is 11.3 Å². The molecule has 0 aliphatic heterocycles. The number of hydrogen-bond acceptors (Lipinski definition) is 6. The molecule has 4 saturated carbocycles. The van der Waals surface area contributed by atoms with Crippen LogP contribution >= 0.6 is 0 Å². The molecule has 0 saturated heterocycles. The summed E-state index contributed by atoms with van der Waals surface area (Å²) < 4.78 is 10.5. The molecule has 1 aromatic rings. The maximum atomic E-state index is 13.2. The summed E-state index contributed by atoms with van der Waals surface area (Å²) in [6, 6.07) is 2.17. The van der Waals surface area contributed by atoms with Gasteiger partial charge in [-0.25, -0.2) is 4.79 Å². The van der Waals surface area contributed by atoms with E-state index < -0.39 is 5.97 Å². The van der Waals surface area contributed by atoms with Crippen molar-refractivity contribution in [1.82, 2.24) is 10.1 Å². The SMILES string of the molecule is CCc1noc(C)c1C(=O)OCC(=O)N(CCC#N)C12CC3CC(CC(C3)C1)C2. The van der Waals surface area contributed by atoms with Gasteiger partial charge in [0.2, 0.25) is 0 Å². The largest absolute Gasteiger partial charge is 0.452 e. The molecule has 7 heteroatoms. The molecule has 156 valence electrons. The summed E-state index contributed by atoms with van der Waals surface area (Å²) in [6.45, 7) is 3.65. The van der Waals surface area contributed by atoms with Crippen molar-refractivity contribution in [3.05, 3.63) is 17.0 Å². The second-order valence-corrected chi connectivity index (χ2v) is 9.09. The summed E-state index contributed by atoms with van der Waals surface area (Å²) in [6.07, 6.45) is 7.76. The quantitative estimate of drug-likeness (QED) is 0.652. The van der Waals surface area contributed by atoms with Gasteiger partial charge in [-0.05, 0) is 69.6 Å². The number of aromatic nitrogens is 1. The van der Waals surface area contributed by atoms with Crippen LogP contribution in [0.4, 0.5) is 0 Å². The molecule has 4 aliphatic carbocycles. The van der Waals surface area contributed by atoms with E-state index in [9.17, 15) is 9.59 Å². The number of nitriles is 1. The average molecular weight is 399 g/mol. The van der Waals surface area contributed by atoms with Crippen LogP contribution in [0.3, 0.4) is 0 Å². The number of nitrogens with zero attached hydrogens (tertiary/aromatic N) is 3. The van der Waals surface area contributed by atoms with Crippen LogP contribution in [0.2, 0.25) is 0 Å². The summed E-state index contributed by atoms with van der Waals surface area (Å²) in [5, 5.41) is 13.0. The van der Waals surface area contributed by atoms with Gasteiger partial charge in [-0.3, -0.25) is 4.79 Å². The molecule has 0 atom stereocenters. The minimum Gasteiger partial charge on any atom is -0.452 e. The van der Waals surface area contributed by atoms with Crippen LogP contribution < -0.4 is 0 Å². The first-order chi connectivity index (χ1) is 14.0. The van der Waals surface area contributed by atoms with Gasteiger partial charge in [0.25, 0.3) is 5.91 Å². The van der Waals surface area contributed by atoms with Gasteiger partial charge in [-0.15, -0.1) is 0 Å². The third kappa shape index (κ3) is 3.65. The lowest BCUT2D eigenvalue weighted by molar-refractivity contribution is -0.153. The standard InChI is InChI=1S/C22H29N3O4/c1-3-18-20(14(2)29-24-18)21(27)28-13-19(26)25(6-4-5-23)22-10-15-7-16(11-22)9-17(8-15)12-22/h15-17H,3-4,6-13H2,1-2H3. The first-order valence-electron chi connectivity index (χ1n) is 10.8. The highest BCUT2D eigenvalue weighted by molar-refractivity contribution is 5.93. The van der Waals surface area contributed by atoms with E-state index in [1.54, 1.807) is 6.92 Å². The Labute approximate surface area is 171 Å². The zero-order valence-corrected chi connectivity index (χ0v) is 17.3. The molecule has 0 aromatic carbocycles. The molecule has 0 spiro atoms. The fourth-order valence-corrected chi connectivity index (χ4v) is 6.38. The lowest BCUT2D eigenvalue weighted by Crippen LogP contribution is -2.62. The van der Waals surface area contributed by atoms with E-state index in [4.69, 9.17) is 14.5 Å². The van der Waals surface area contributed by atoms with Crippen molar-refractivity contribution >= 4 is 11.9 Å². The van der Waals surface area contributed by atoms with Crippen LogP contribution in [-0.2, 0) is 16.0 Å². The molecule has 29 heavy (non-hydrogen) atoms. The second kappa shape index (κ2) is 7.81. The normalized spacial score (nSPS) is 29.5. The number of carbonyl (C=O) groups excluding carboxylic acids is 2. The molecule has 5 rings (SSSR count). The van der Waals surface area contributed by atoms with E-state index in [1.807, 2.05) is 11.8 Å². The van der Waals surface area contributed by atoms with Crippen LogP contribution in [0.5, 0.6) is 0 Å². The maximum Gasteiger partial charge on any atom is 0.344 e. The Morgan fingerprint density at radius 3 is 2.41 bits per heavy atom. The molecule has 0 N–H and O–H groups in total. The molecule has 1 aromatic heterocycles. The summed E-state index contributed by atoms with van der Waals surface area (Å²) in [5.74, 6) is 1.71. The molecule has 4 fully saturated rings. The molecular formula is C22H29N3O4. The molecule has 4 bridgehead atoms. The zero-order valence-electron chi connectivity index (χ0n) is 17.3. The van der Waals surface area contributed by atoms with Crippen LogP contribution in [0, 0.1) is 36.0 Å². The smallest absolute Gasteiger partial charge is 0.344 e. The van der Waals surface area contributed by atoms with Crippen LogP contribution in [-0.4, -0.2) is 40.6 Å². The van der Waals surface area contributed by atoms with Gasteiger partial charge in [0.15, 0.2) is 6.61 Å². The predicted molar refractivity (Wildman–Crippen MR) is 104 cm³/mol. The van der Waals surface area contributed by atoms with E-state index >= 15 is 0 Å². The number of aryl methyl sites for hydroxylation is 2. The molecule has 4 aliphatic rings. The summed E-state index contributed by atoms with van der Waals surface area (Å²) in [7, 11) is 0. The molecule has 0 unspecified atom stereocenters. The lowest BCUT2D eigenvalue weighted by Gasteiger charge is -2.60. The average Bonchev–Trinajstić information content (AvgIpc) is 3.06. The highest BCUT2D eigenvalue weighted by Gasteiger charge is 2.54. The summed E-state index contributed by atoms with van der Waals surface area (Å²) in [4.78, 5) is 27.6. The minimum absolute atomic E-state index is 0.156. The Morgan fingerprint density at radius 1 is 1.24 bits per heavy atom. The maximum absolute atomic E-state index is 13.2. The van der Waals surface area contributed by atoms with Crippen molar-refractivity contribution in [1.29, 1.82) is 5.26 Å². The van der Waals surface area contributed by atoms with Gasteiger partial charge >= 0.3 is 5.97 Å². The van der Waals surface area contributed by atoms with E-state index in [-0.39, 0.29) is 18.1 Å². The van der Waals surface area contributed by atoms with Gasteiger partial charge in [-0.2, -0.15) is 5.26 Å². The minimum atomic E-state index is -0.570. The first kappa shape index (κ1) is 19.9. The van der Waals surface area contributed by atoms with Crippen molar-refractivity contribution in [2.75, 3.05) is 13.2 Å². The van der Waals surface area contributed by atoms with Crippen LogP contribution in [0.1, 0.15) is 73.7 Å². The molecule has 1 heterocycles. The third-order valence-electron chi connectivity index (χ3n) is 7.13. The Morgan fingerprint density at radius 2 is 1.86 bits per heavy atom. The van der Waals surface area contributed by atoms with Crippen molar-refractivity contribution in [3.8, 4) is 6.07 Å². The second-order valence-electron chi connectivity index (χ2n) is 9.09. The summed E-state index contributed by atoms with van der Waals surface area (Å²) in [5.41, 5.74) is 0.706. The topological polar surface area (TPSA) is 96.4 Å². The number of rotatable bonds is 7. The molecule has 0 radical (unpaired) electrons. The van der Waals surface area contributed by atoms with E-state index in [0.29, 0.717) is 54.2 Å².